The highest BCUT2D eigenvalue weighted by atomic mass is 127. The van der Waals surface area contributed by atoms with Crippen LogP contribution in [0.1, 0.15) is 33.9 Å². The number of rotatable bonds is 7. The van der Waals surface area contributed by atoms with E-state index < -0.39 is 17.7 Å². The first kappa shape index (κ1) is 25.7. The fourth-order valence-corrected chi connectivity index (χ4v) is 4.91. The lowest BCUT2D eigenvalue weighted by Gasteiger charge is -2.25. The minimum atomic E-state index is -0.725. The van der Waals surface area contributed by atoms with E-state index in [1.807, 2.05) is 49.4 Å². The molecule has 1 aromatic heterocycles. The van der Waals surface area contributed by atoms with E-state index >= 15 is 0 Å². The van der Waals surface area contributed by atoms with Gasteiger partial charge in [-0.25, -0.2) is 0 Å². The van der Waals surface area contributed by atoms with E-state index in [4.69, 9.17) is 4.74 Å². The Labute approximate surface area is 234 Å². The van der Waals surface area contributed by atoms with E-state index in [0.717, 1.165) is 25.8 Å². The summed E-state index contributed by atoms with van der Waals surface area (Å²) in [7, 11) is 0. The number of likely N-dealkylation sites (tertiary alicyclic amines) is 1. The SMILES string of the molecule is Cc1cccc(COc2ccc(/C(O)=C3\C(=O)C(=O)N(Cc4ccncc4)C3c3ccc(I)cc3)cc2)c1. The van der Waals surface area contributed by atoms with Gasteiger partial charge in [-0.15, -0.1) is 0 Å². The number of ketones is 1. The number of aliphatic hydroxyl groups is 1. The molecular formula is C31H25IN2O4. The molecular weight excluding hydrogens is 591 g/mol. The normalized spacial score (nSPS) is 16.6. The molecule has 0 saturated carbocycles. The minimum absolute atomic E-state index is 0.0682. The molecule has 1 aliphatic rings. The van der Waals surface area contributed by atoms with Gasteiger partial charge in [-0.05, 0) is 94.7 Å². The lowest BCUT2D eigenvalue weighted by atomic mass is 9.95. The number of aromatic nitrogens is 1. The molecule has 1 saturated heterocycles. The molecule has 0 spiro atoms. The molecule has 2 heterocycles. The van der Waals surface area contributed by atoms with E-state index in [1.165, 1.54) is 4.90 Å². The smallest absolute Gasteiger partial charge is 0.295 e. The average molecular weight is 616 g/mol. The van der Waals surface area contributed by atoms with Gasteiger partial charge in [0.15, 0.2) is 0 Å². The zero-order valence-corrected chi connectivity index (χ0v) is 22.8. The molecule has 0 aliphatic carbocycles. The molecule has 1 atom stereocenters. The molecule has 0 radical (unpaired) electrons. The number of Topliss-reactive ketones (excluding diaryl/α,β-unsaturated/α-hetero) is 1. The Hall–Kier alpha value is -3.98. The van der Waals surface area contributed by atoms with Crippen molar-refractivity contribution in [2.45, 2.75) is 26.1 Å². The molecule has 1 aliphatic heterocycles. The van der Waals surface area contributed by atoms with Gasteiger partial charge >= 0.3 is 0 Å². The highest BCUT2D eigenvalue weighted by Crippen LogP contribution is 2.40. The number of nitrogens with zero attached hydrogens (tertiary/aromatic N) is 2. The maximum absolute atomic E-state index is 13.3. The lowest BCUT2D eigenvalue weighted by Crippen LogP contribution is -2.29. The Morgan fingerprint density at radius 2 is 1.66 bits per heavy atom. The first-order valence-electron chi connectivity index (χ1n) is 12.1. The molecule has 190 valence electrons. The summed E-state index contributed by atoms with van der Waals surface area (Å²) in [6, 6.07) is 25.5. The molecule has 7 heteroatoms. The van der Waals surface area contributed by atoms with E-state index in [2.05, 4.69) is 33.6 Å². The topological polar surface area (TPSA) is 79.7 Å². The second-order valence-electron chi connectivity index (χ2n) is 9.14. The van der Waals surface area contributed by atoms with Crippen LogP contribution in [0.2, 0.25) is 0 Å². The Kier molecular flexibility index (Phi) is 7.55. The van der Waals surface area contributed by atoms with Gasteiger partial charge in [0, 0.05) is 28.1 Å². The van der Waals surface area contributed by atoms with E-state index in [9.17, 15) is 14.7 Å². The first-order valence-corrected chi connectivity index (χ1v) is 13.2. The van der Waals surface area contributed by atoms with Gasteiger partial charge < -0.3 is 14.7 Å². The van der Waals surface area contributed by atoms with Crippen LogP contribution in [0.5, 0.6) is 5.75 Å². The zero-order valence-electron chi connectivity index (χ0n) is 20.7. The summed E-state index contributed by atoms with van der Waals surface area (Å²) >= 11 is 2.21. The third kappa shape index (κ3) is 5.47. The predicted molar refractivity (Wildman–Crippen MR) is 153 cm³/mol. The summed E-state index contributed by atoms with van der Waals surface area (Å²) in [6.07, 6.45) is 3.29. The number of ether oxygens (including phenoxy) is 1. The van der Waals surface area contributed by atoms with E-state index in [0.29, 0.717) is 17.9 Å². The quantitative estimate of drug-likeness (QED) is 0.116. The number of hydrogen-bond acceptors (Lipinski definition) is 5. The van der Waals surface area contributed by atoms with Crippen LogP contribution in [0.15, 0.2) is 103 Å². The first-order chi connectivity index (χ1) is 18.4. The molecule has 1 amide bonds. The third-order valence-electron chi connectivity index (χ3n) is 6.44. The molecule has 38 heavy (non-hydrogen) atoms. The summed E-state index contributed by atoms with van der Waals surface area (Å²) in [5, 5.41) is 11.3. The van der Waals surface area contributed by atoms with Crippen molar-refractivity contribution in [1.29, 1.82) is 0 Å². The Morgan fingerprint density at radius 3 is 2.34 bits per heavy atom. The monoisotopic (exact) mass is 616 g/mol. The number of halogens is 1. The number of aliphatic hydroxyl groups excluding tert-OH is 1. The second kappa shape index (κ2) is 11.2. The highest BCUT2D eigenvalue weighted by molar-refractivity contribution is 14.1. The minimum Gasteiger partial charge on any atom is -0.507 e. The van der Waals surface area contributed by atoms with Gasteiger partial charge in [0.25, 0.3) is 11.7 Å². The summed E-state index contributed by atoms with van der Waals surface area (Å²) in [6.45, 7) is 2.66. The number of benzene rings is 3. The summed E-state index contributed by atoms with van der Waals surface area (Å²) < 4.78 is 6.92. The van der Waals surface area contributed by atoms with Crippen LogP contribution in [0.25, 0.3) is 5.76 Å². The Balaban J connectivity index is 1.47. The molecule has 0 bridgehead atoms. The van der Waals surface area contributed by atoms with Crippen LogP contribution < -0.4 is 4.74 Å². The van der Waals surface area contributed by atoms with Gasteiger partial charge in [-0.1, -0.05) is 42.0 Å². The summed E-state index contributed by atoms with van der Waals surface area (Å²) in [4.78, 5) is 32.0. The number of pyridine rings is 1. The number of hydrogen-bond donors (Lipinski definition) is 1. The van der Waals surface area contributed by atoms with Crippen molar-refractivity contribution in [3.63, 3.8) is 0 Å². The van der Waals surface area contributed by atoms with Gasteiger partial charge in [0.1, 0.15) is 18.1 Å². The molecule has 1 N–H and O–H groups in total. The Bertz CT molecular complexity index is 1500. The van der Waals surface area contributed by atoms with Crippen molar-refractivity contribution in [3.8, 4) is 5.75 Å². The van der Waals surface area contributed by atoms with Crippen molar-refractivity contribution in [2.75, 3.05) is 0 Å². The fourth-order valence-electron chi connectivity index (χ4n) is 4.55. The fraction of sp³-hybridized carbons (Fsp3) is 0.129. The maximum Gasteiger partial charge on any atom is 0.295 e. The molecule has 3 aromatic carbocycles. The predicted octanol–water partition coefficient (Wildman–Crippen LogP) is 6.20. The van der Waals surface area contributed by atoms with Crippen LogP contribution in [0.3, 0.4) is 0 Å². The number of carbonyl (C=O) groups is 2. The molecule has 4 aromatic rings. The van der Waals surface area contributed by atoms with Crippen molar-refractivity contribution in [2.24, 2.45) is 0 Å². The molecule has 5 rings (SSSR count). The summed E-state index contributed by atoms with van der Waals surface area (Å²) in [5.41, 5.74) is 4.31. The van der Waals surface area contributed by atoms with Crippen molar-refractivity contribution in [3.05, 3.63) is 134 Å². The third-order valence-corrected chi connectivity index (χ3v) is 7.16. The van der Waals surface area contributed by atoms with Gasteiger partial charge in [-0.2, -0.15) is 0 Å². The highest BCUT2D eigenvalue weighted by Gasteiger charge is 2.46. The van der Waals surface area contributed by atoms with Crippen molar-refractivity contribution in [1.82, 2.24) is 9.88 Å². The van der Waals surface area contributed by atoms with Crippen LogP contribution in [0.4, 0.5) is 0 Å². The number of amides is 1. The van der Waals surface area contributed by atoms with Gasteiger partial charge in [-0.3, -0.25) is 14.6 Å². The molecule has 6 nitrogen and oxygen atoms in total. The van der Waals surface area contributed by atoms with Crippen LogP contribution in [-0.2, 0) is 22.7 Å². The van der Waals surface area contributed by atoms with Crippen LogP contribution >= 0.6 is 22.6 Å². The van der Waals surface area contributed by atoms with Crippen LogP contribution in [0, 0.1) is 10.5 Å². The number of aryl methyl sites for hydroxylation is 1. The van der Waals surface area contributed by atoms with Crippen molar-refractivity contribution < 1.29 is 19.4 Å². The van der Waals surface area contributed by atoms with Gasteiger partial charge in [0.05, 0.1) is 11.6 Å². The molecule has 1 fully saturated rings. The standard InChI is InChI=1S/C31H25IN2O4/c1-20-3-2-4-22(17-20)19-38-26-11-7-24(8-12-26)29(35)27-28(23-5-9-25(32)10-6-23)34(31(37)30(27)36)18-21-13-15-33-16-14-21/h2-17,28,35H,18-19H2,1H3/b29-27+. The number of carbonyl (C=O) groups excluding carboxylic acids is 2. The summed E-state index contributed by atoms with van der Waals surface area (Å²) in [5.74, 6) is -0.936. The van der Waals surface area contributed by atoms with Crippen molar-refractivity contribution >= 4 is 40.0 Å². The van der Waals surface area contributed by atoms with E-state index in [1.54, 1.807) is 48.8 Å². The van der Waals surface area contributed by atoms with E-state index in [-0.39, 0.29) is 17.9 Å². The second-order valence-corrected chi connectivity index (χ2v) is 10.4. The maximum atomic E-state index is 13.3. The average Bonchev–Trinajstić information content (AvgIpc) is 3.18. The van der Waals surface area contributed by atoms with Gasteiger partial charge in [0.2, 0.25) is 0 Å². The largest absolute Gasteiger partial charge is 0.507 e. The molecule has 1 unspecified atom stereocenters. The lowest BCUT2D eigenvalue weighted by molar-refractivity contribution is -0.140. The Morgan fingerprint density at radius 1 is 0.947 bits per heavy atom. The zero-order chi connectivity index (χ0) is 26.6. The van der Waals surface area contributed by atoms with Crippen LogP contribution in [-0.4, -0.2) is 26.7 Å².